The smallest absolute Gasteiger partial charge is 0.252 e. The maximum absolute atomic E-state index is 13.8. The number of carbonyl (C=O) groups is 1. The van der Waals surface area contributed by atoms with Gasteiger partial charge in [-0.3, -0.25) is 9.69 Å². The lowest BCUT2D eigenvalue weighted by molar-refractivity contribution is 0.0542. The Morgan fingerprint density at radius 2 is 2.03 bits per heavy atom. The summed E-state index contributed by atoms with van der Waals surface area (Å²) in [5.74, 6) is 0.850. The molecule has 3 heterocycles. The van der Waals surface area contributed by atoms with Crippen molar-refractivity contribution in [1.82, 2.24) is 15.5 Å². The predicted molar refractivity (Wildman–Crippen MR) is 144 cm³/mol. The van der Waals surface area contributed by atoms with Gasteiger partial charge in [0.25, 0.3) is 5.91 Å². The molecule has 0 aromatic heterocycles. The second-order valence-corrected chi connectivity index (χ2v) is 11.1. The van der Waals surface area contributed by atoms with E-state index in [0.29, 0.717) is 12.1 Å². The van der Waals surface area contributed by atoms with Gasteiger partial charge in [0, 0.05) is 30.7 Å². The number of fused-ring (bicyclic) bond motifs is 4. The molecular formula is C31H43N3O. The van der Waals surface area contributed by atoms with Crippen LogP contribution in [0, 0.1) is 5.92 Å². The van der Waals surface area contributed by atoms with Gasteiger partial charge in [0.2, 0.25) is 0 Å². The number of piperidine rings is 2. The lowest BCUT2D eigenvalue weighted by atomic mass is 9.75. The first kappa shape index (κ1) is 24.5. The van der Waals surface area contributed by atoms with Gasteiger partial charge in [-0.1, -0.05) is 62.6 Å². The number of hydrogen-bond acceptors (Lipinski definition) is 3. The molecule has 2 N–H and O–H groups in total. The van der Waals surface area contributed by atoms with Crippen LogP contribution in [0.25, 0.3) is 0 Å². The van der Waals surface area contributed by atoms with Crippen LogP contribution in [0.1, 0.15) is 103 Å². The van der Waals surface area contributed by atoms with E-state index in [1.165, 1.54) is 61.8 Å². The summed E-state index contributed by atoms with van der Waals surface area (Å²) in [5, 5.41) is 7.16. The van der Waals surface area contributed by atoms with Crippen LogP contribution in [0.15, 0.2) is 42.5 Å². The van der Waals surface area contributed by atoms with Crippen molar-refractivity contribution in [3.63, 3.8) is 0 Å². The minimum Gasteiger partial charge on any atom is -0.346 e. The third-order valence-corrected chi connectivity index (χ3v) is 8.65. The van der Waals surface area contributed by atoms with E-state index in [1.807, 2.05) is 18.2 Å². The van der Waals surface area contributed by atoms with Crippen LogP contribution in [-0.4, -0.2) is 36.5 Å². The van der Waals surface area contributed by atoms with Crippen LogP contribution in [0.4, 0.5) is 0 Å². The van der Waals surface area contributed by atoms with E-state index in [0.717, 1.165) is 49.4 Å². The Labute approximate surface area is 211 Å². The van der Waals surface area contributed by atoms with Gasteiger partial charge in [0.05, 0.1) is 6.04 Å². The van der Waals surface area contributed by atoms with Gasteiger partial charge < -0.3 is 10.6 Å². The molecule has 2 saturated heterocycles. The number of carbonyl (C=O) groups excluding carboxylic acids is 1. The Hall–Kier alpha value is -2.17. The minimum absolute atomic E-state index is 0.0111. The first-order chi connectivity index (χ1) is 17.1. The molecule has 0 radical (unpaired) electrons. The topological polar surface area (TPSA) is 44.4 Å². The van der Waals surface area contributed by atoms with Gasteiger partial charge in [0.15, 0.2) is 0 Å². The highest BCUT2D eigenvalue weighted by Crippen LogP contribution is 2.42. The molecular weight excluding hydrogens is 430 g/mol. The molecule has 4 atom stereocenters. The second-order valence-electron chi connectivity index (χ2n) is 11.1. The zero-order valence-electron chi connectivity index (χ0n) is 21.7. The molecule has 1 amide bonds. The van der Waals surface area contributed by atoms with Crippen LogP contribution in [0.2, 0.25) is 0 Å². The van der Waals surface area contributed by atoms with E-state index < -0.39 is 0 Å². The predicted octanol–water partition coefficient (Wildman–Crippen LogP) is 5.97. The lowest BCUT2D eigenvalue weighted by Gasteiger charge is -2.49. The molecule has 0 aliphatic carbocycles. The van der Waals surface area contributed by atoms with Crippen molar-refractivity contribution in [2.75, 3.05) is 19.6 Å². The number of nitrogens with zero attached hydrogens (tertiary/aromatic N) is 1. The average Bonchev–Trinajstić information content (AvgIpc) is 2.89. The maximum Gasteiger partial charge on any atom is 0.252 e. The monoisotopic (exact) mass is 473 g/mol. The molecule has 0 unspecified atom stereocenters. The van der Waals surface area contributed by atoms with E-state index in [9.17, 15) is 4.79 Å². The SMILES string of the molecule is CCCCCCc1cc2c(c(C(=O)N[C@H](C)c3ccccc3)c1)[C@H]1C[C@H]3NCCC[C@H]3CN1CC2. The maximum atomic E-state index is 13.8. The zero-order chi connectivity index (χ0) is 24.2. The highest BCUT2D eigenvalue weighted by atomic mass is 16.1. The van der Waals surface area contributed by atoms with Gasteiger partial charge in [-0.25, -0.2) is 0 Å². The third kappa shape index (κ3) is 5.49. The van der Waals surface area contributed by atoms with Crippen molar-refractivity contribution in [2.24, 2.45) is 5.92 Å². The fourth-order valence-corrected chi connectivity index (χ4v) is 6.71. The van der Waals surface area contributed by atoms with Crippen molar-refractivity contribution in [1.29, 1.82) is 0 Å². The molecule has 3 aliphatic rings. The molecule has 4 nitrogen and oxygen atoms in total. The Morgan fingerprint density at radius 1 is 1.17 bits per heavy atom. The number of amides is 1. The van der Waals surface area contributed by atoms with Crippen molar-refractivity contribution in [2.45, 2.75) is 89.8 Å². The second kappa shape index (κ2) is 11.3. The first-order valence-electron chi connectivity index (χ1n) is 14.1. The molecule has 35 heavy (non-hydrogen) atoms. The van der Waals surface area contributed by atoms with E-state index in [2.05, 4.69) is 53.6 Å². The Balaban J connectivity index is 1.44. The molecule has 0 spiro atoms. The van der Waals surface area contributed by atoms with E-state index in [4.69, 9.17) is 0 Å². The van der Waals surface area contributed by atoms with E-state index >= 15 is 0 Å². The molecule has 5 rings (SSSR count). The number of unbranched alkanes of at least 4 members (excludes halogenated alkanes) is 3. The summed E-state index contributed by atoms with van der Waals surface area (Å²) in [5.41, 5.74) is 6.16. The van der Waals surface area contributed by atoms with Crippen LogP contribution < -0.4 is 10.6 Å². The highest BCUT2D eigenvalue weighted by Gasteiger charge is 2.41. The molecule has 2 aromatic carbocycles. The Kier molecular flexibility index (Phi) is 7.89. The Morgan fingerprint density at radius 3 is 2.86 bits per heavy atom. The molecule has 188 valence electrons. The summed E-state index contributed by atoms with van der Waals surface area (Å²) in [6.45, 7) is 7.79. The number of nitrogens with one attached hydrogen (secondary N) is 2. The number of benzene rings is 2. The fourth-order valence-electron chi connectivity index (χ4n) is 6.71. The minimum atomic E-state index is -0.0111. The van der Waals surface area contributed by atoms with Gasteiger partial charge in [-0.15, -0.1) is 0 Å². The average molecular weight is 474 g/mol. The summed E-state index contributed by atoms with van der Waals surface area (Å²) in [7, 11) is 0. The molecule has 2 fully saturated rings. The van der Waals surface area contributed by atoms with Crippen molar-refractivity contribution >= 4 is 5.91 Å². The van der Waals surface area contributed by atoms with E-state index in [1.54, 1.807) is 0 Å². The normalized spacial score (nSPS) is 24.7. The number of aryl methyl sites for hydroxylation is 1. The van der Waals surface area contributed by atoms with Crippen LogP contribution in [0.3, 0.4) is 0 Å². The van der Waals surface area contributed by atoms with Crippen molar-refractivity contribution in [3.8, 4) is 0 Å². The summed E-state index contributed by atoms with van der Waals surface area (Å²) >= 11 is 0. The van der Waals surface area contributed by atoms with Crippen LogP contribution in [-0.2, 0) is 12.8 Å². The summed E-state index contributed by atoms with van der Waals surface area (Å²) in [6.07, 6.45) is 10.9. The number of rotatable bonds is 8. The Bertz CT molecular complexity index is 1000. The third-order valence-electron chi connectivity index (χ3n) is 8.65. The standard InChI is InChI=1S/C31H43N3O/c1-3-4-5-7-11-23-18-25-15-17-34-21-26-14-10-16-32-28(26)20-29(34)30(25)27(19-23)31(35)33-22(2)24-12-8-6-9-13-24/h6,8-9,12-13,18-19,22,26,28-29,32H,3-5,7,10-11,14-17,20-21H2,1-2H3,(H,33,35)/t22-,26+,28-,29-/m1/s1. The molecule has 0 saturated carbocycles. The quantitative estimate of drug-likeness (QED) is 0.464. The fraction of sp³-hybridized carbons (Fsp3) is 0.581. The van der Waals surface area contributed by atoms with Gasteiger partial charge >= 0.3 is 0 Å². The summed E-state index contributed by atoms with van der Waals surface area (Å²) < 4.78 is 0. The van der Waals surface area contributed by atoms with Gasteiger partial charge in [0.1, 0.15) is 0 Å². The largest absolute Gasteiger partial charge is 0.346 e. The van der Waals surface area contributed by atoms with Crippen molar-refractivity contribution in [3.05, 3.63) is 70.3 Å². The molecule has 3 aliphatic heterocycles. The van der Waals surface area contributed by atoms with E-state index in [-0.39, 0.29) is 11.9 Å². The molecule has 0 bridgehead atoms. The van der Waals surface area contributed by atoms with Crippen LogP contribution >= 0.6 is 0 Å². The van der Waals surface area contributed by atoms with Crippen LogP contribution in [0.5, 0.6) is 0 Å². The number of hydrogen-bond donors (Lipinski definition) is 2. The molecule has 4 heteroatoms. The first-order valence-corrected chi connectivity index (χ1v) is 14.1. The zero-order valence-corrected chi connectivity index (χ0v) is 21.7. The van der Waals surface area contributed by atoms with Gasteiger partial charge in [-0.05, 0) is 86.2 Å². The summed E-state index contributed by atoms with van der Waals surface area (Å²) in [4.78, 5) is 16.5. The highest BCUT2D eigenvalue weighted by molar-refractivity contribution is 5.97. The molecule has 2 aromatic rings. The summed E-state index contributed by atoms with van der Waals surface area (Å²) in [6, 6.07) is 15.9. The van der Waals surface area contributed by atoms with Crippen molar-refractivity contribution < 1.29 is 4.79 Å². The van der Waals surface area contributed by atoms with Gasteiger partial charge in [-0.2, -0.15) is 0 Å². The lowest BCUT2D eigenvalue weighted by Crippen LogP contribution is -2.55.